The molecule has 2 rings (SSSR count). The summed E-state index contributed by atoms with van der Waals surface area (Å²) in [5.74, 6) is -10.4. The van der Waals surface area contributed by atoms with E-state index in [1.165, 1.54) is 30.3 Å². The molecule has 0 spiro atoms. The third-order valence-corrected chi connectivity index (χ3v) is 6.55. The first-order chi connectivity index (χ1) is 19.2. The van der Waals surface area contributed by atoms with Crippen molar-refractivity contribution < 1.29 is 59.7 Å². The molecule has 0 aliphatic heterocycles. The highest BCUT2D eigenvalue weighted by Gasteiger charge is 2.29. The van der Waals surface area contributed by atoms with E-state index in [9.17, 15) is 49.5 Å². The maximum absolute atomic E-state index is 12.8. The molecule has 0 fully saturated rings. The van der Waals surface area contributed by atoms with Gasteiger partial charge in [0.15, 0.2) is 17.3 Å². The lowest BCUT2D eigenvalue weighted by Gasteiger charge is -2.19. The number of benzene rings is 2. The van der Waals surface area contributed by atoms with Crippen molar-refractivity contribution in [3.63, 3.8) is 0 Å². The molecule has 0 radical (unpaired) electrons. The Morgan fingerprint density at radius 1 is 0.902 bits per heavy atom. The number of carboxylic acids is 2. The normalized spacial score (nSPS) is 12.4. The molecule has 2 atom stereocenters. The van der Waals surface area contributed by atoms with E-state index in [-0.39, 0.29) is 12.2 Å². The summed E-state index contributed by atoms with van der Waals surface area (Å²) in [7, 11) is 0. The number of carbonyl (C=O) groups is 5. The summed E-state index contributed by atoms with van der Waals surface area (Å²) in [4.78, 5) is 58.8. The molecule has 0 saturated carbocycles. The fourth-order valence-corrected chi connectivity index (χ4v) is 4.24. The standard InChI is InChI=1S/C25H27N3O12S/c26-13(25(39)40)6-8-16(31)28-14(24(38)27-9-17(32)33)10-41-23-20(35)18(19(34)21(36)22(23)37)15(30)7-3-11-1-4-12(29)5-2-11/h1-5,7,13-14,29,34-37H,6,8-10,26H2,(H,27,38)(H,28,31)(H,32,33)(H,39,40)/b7-3+. The molecule has 0 aromatic heterocycles. The van der Waals surface area contributed by atoms with Crippen LogP contribution in [0.1, 0.15) is 28.8 Å². The number of hydrogen-bond donors (Lipinski definition) is 10. The second-order valence-electron chi connectivity index (χ2n) is 8.41. The maximum atomic E-state index is 12.8. The third kappa shape index (κ3) is 9.04. The average Bonchev–Trinajstić information content (AvgIpc) is 2.92. The van der Waals surface area contributed by atoms with E-state index in [1.54, 1.807) is 0 Å². The fraction of sp³-hybridized carbons (Fsp3) is 0.240. The van der Waals surface area contributed by atoms with Crippen molar-refractivity contribution >= 4 is 47.4 Å². The van der Waals surface area contributed by atoms with Gasteiger partial charge in [0.05, 0.1) is 4.90 Å². The van der Waals surface area contributed by atoms with Crippen LogP contribution in [0.2, 0.25) is 0 Å². The zero-order valence-electron chi connectivity index (χ0n) is 21.1. The molecule has 0 aliphatic rings. The molecule has 2 aromatic rings. The van der Waals surface area contributed by atoms with Gasteiger partial charge in [-0.3, -0.25) is 24.0 Å². The van der Waals surface area contributed by atoms with Crippen LogP contribution < -0.4 is 16.4 Å². The van der Waals surface area contributed by atoms with E-state index >= 15 is 0 Å². The van der Waals surface area contributed by atoms with Gasteiger partial charge in [0, 0.05) is 12.2 Å². The van der Waals surface area contributed by atoms with Crippen molar-refractivity contribution in [2.24, 2.45) is 5.73 Å². The summed E-state index contributed by atoms with van der Waals surface area (Å²) in [5.41, 5.74) is 5.03. The maximum Gasteiger partial charge on any atom is 0.322 e. The van der Waals surface area contributed by atoms with Crippen LogP contribution in [0.3, 0.4) is 0 Å². The van der Waals surface area contributed by atoms with Crippen LogP contribution in [0.15, 0.2) is 35.2 Å². The molecule has 0 bridgehead atoms. The van der Waals surface area contributed by atoms with Gasteiger partial charge in [0.1, 0.15) is 35.7 Å². The molecule has 2 unspecified atom stereocenters. The molecular weight excluding hydrogens is 566 g/mol. The number of nitrogens with two attached hydrogens (primary N) is 1. The molecule has 15 nitrogen and oxygen atoms in total. The number of hydrogen-bond acceptors (Lipinski definition) is 12. The summed E-state index contributed by atoms with van der Waals surface area (Å²) < 4.78 is 0. The third-order valence-electron chi connectivity index (χ3n) is 5.38. The van der Waals surface area contributed by atoms with Crippen molar-refractivity contribution in [3.05, 3.63) is 41.5 Å². The molecule has 41 heavy (non-hydrogen) atoms. The number of carboxylic acid groups (broad SMARTS) is 2. The number of aliphatic carboxylic acids is 2. The molecule has 0 saturated heterocycles. The summed E-state index contributed by atoms with van der Waals surface area (Å²) >= 11 is 0.469. The number of phenols is 5. The quantitative estimate of drug-likeness (QED) is 0.0457. The predicted octanol–water partition coefficient (Wildman–Crippen LogP) is 0.0805. The number of carbonyl (C=O) groups excluding carboxylic acids is 3. The van der Waals surface area contributed by atoms with Crippen molar-refractivity contribution in [2.75, 3.05) is 12.3 Å². The van der Waals surface area contributed by atoms with Gasteiger partial charge >= 0.3 is 11.9 Å². The van der Waals surface area contributed by atoms with Gasteiger partial charge in [-0.2, -0.15) is 0 Å². The van der Waals surface area contributed by atoms with Crippen LogP contribution in [-0.2, 0) is 19.2 Å². The van der Waals surface area contributed by atoms with Crippen LogP contribution >= 0.6 is 11.8 Å². The van der Waals surface area contributed by atoms with Gasteiger partial charge in [0.25, 0.3) is 0 Å². The zero-order valence-corrected chi connectivity index (χ0v) is 21.9. The summed E-state index contributed by atoms with van der Waals surface area (Å²) in [5, 5.41) is 72.8. The monoisotopic (exact) mass is 593 g/mol. The van der Waals surface area contributed by atoms with Crippen molar-refractivity contribution in [1.82, 2.24) is 10.6 Å². The highest BCUT2D eigenvalue weighted by atomic mass is 32.2. The Morgan fingerprint density at radius 3 is 2.12 bits per heavy atom. The summed E-state index contributed by atoms with van der Waals surface area (Å²) in [6.45, 7) is -0.817. The Hall–Kier alpha value is -4.96. The van der Waals surface area contributed by atoms with E-state index in [0.717, 1.165) is 6.08 Å². The minimum Gasteiger partial charge on any atom is -0.508 e. The minimum atomic E-state index is -1.50. The summed E-state index contributed by atoms with van der Waals surface area (Å²) in [6, 6.07) is 2.77. The van der Waals surface area contributed by atoms with Gasteiger partial charge in [-0.1, -0.05) is 18.2 Å². The van der Waals surface area contributed by atoms with Crippen molar-refractivity contribution in [1.29, 1.82) is 0 Å². The number of aromatic hydroxyl groups is 5. The number of rotatable bonds is 14. The molecule has 16 heteroatoms. The van der Waals surface area contributed by atoms with E-state index in [0.29, 0.717) is 17.3 Å². The Bertz CT molecular complexity index is 1360. The van der Waals surface area contributed by atoms with Crippen LogP contribution in [0.5, 0.6) is 28.7 Å². The van der Waals surface area contributed by atoms with Gasteiger partial charge < -0.3 is 52.1 Å². The lowest BCUT2D eigenvalue weighted by atomic mass is 10.1. The van der Waals surface area contributed by atoms with Crippen LogP contribution in [0, 0.1) is 0 Å². The Kier molecular flexibility index (Phi) is 11.4. The topological polar surface area (TPSA) is 277 Å². The number of phenolic OH excluding ortho intramolecular Hbond substituents is 5. The first-order valence-corrected chi connectivity index (χ1v) is 12.6. The number of allylic oxidation sites excluding steroid dienone is 1. The molecule has 220 valence electrons. The number of ketones is 1. The minimum absolute atomic E-state index is 0.0242. The second-order valence-corrected chi connectivity index (χ2v) is 9.44. The van der Waals surface area contributed by atoms with E-state index in [1.807, 2.05) is 5.32 Å². The first kappa shape index (κ1) is 32.3. The van der Waals surface area contributed by atoms with Crippen molar-refractivity contribution in [2.45, 2.75) is 29.8 Å². The Morgan fingerprint density at radius 2 is 1.54 bits per heavy atom. The Labute approximate surface area is 235 Å². The van der Waals surface area contributed by atoms with Gasteiger partial charge in [-0.05, 0) is 30.2 Å². The van der Waals surface area contributed by atoms with Gasteiger partial charge in [-0.25, -0.2) is 0 Å². The molecule has 0 heterocycles. The second kappa shape index (κ2) is 14.4. The average molecular weight is 594 g/mol. The summed E-state index contributed by atoms with van der Waals surface area (Å²) in [6.07, 6.45) is 1.53. The lowest BCUT2D eigenvalue weighted by molar-refractivity contribution is -0.139. The Balaban J connectivity index is 2.31. The predicted molar refractivity (Wildman–Crippen MR) is 143 cm³/mol. The SMILES string of the molecule is NC(CCC(=O)NC(CSc1c(O)c(O)c(O)c(C(=O)/C=C/c2ccc(O)cc2)c1O)C(=O)NCC(=O)O)C(=O)O. The van der Waals surface area contributed by atoms with Crippen LogP contribution in [0.4, 0.5) is 0 Å². The van der Waals surface area contributed by atoms with E-state index in [2.05, 4.69) is 5.32 Å². The van der Waals surface area contributed by atoms with E-state index < -0.39 is 93.8 Å². The highest BCUT2D eigenvalue weighted by molar-refractivity contribution is 7.99. The molecule has 0 aliphatic carbocycles. The number of nitrogens with one attached hydrogen (secondary N) is 2. The molecular formula is C25H27N3O12S. The first-order valence-electron chi connectivity index (χ1n) is 11.6. The zero-order chi connectivity index (χ0) is 30.9. The van der Waals surface area contributed by atoms with E-state index in [4.69, 9.17) is 15.9 Å². The van der Waals surface area contributed by atoms with Gasteiger partial charge in [0.2, 0.25) is 17.6 Å². The fourth-order valence-electron chi connectivity index (χ4n) is 3.20. The van der Waals surface area contributed by atoms with Crippen LogP contribution in [0.25, 0.3) is 6.08 Å². The van der Waals surface area contributed by atoms with Gasteiger partial charge in [-0.15, -0.1) is 11.8 Å². The number of thioether (sulfide) groups is 1. The van der Waals surface area contributed by atoms with Crippen LogP contribution in [-0.4, -0.2) is 89.7 Å². The highest BCUT2D eigenvalue weighted by Crippen LogP contribution is 2.51. The lowest BCUT2D eigenvalue weighted by Crippen LogP contribution is -2.49. The molecule has 2 aromatic carbocycles. The molecule has 2 amide bonds. The largest absolute Gasteiger partial charge is 0.508 e. The van der Waals surface area contributed by atoms with Crippen molar-refractivity contribution in [3.8, 4) is 28.7 Å². The molecule has 11 N–H and O–H groups in total. The number of amides is 2. The smallest absolute Gasteiger partial charge is 0.322 e.